The third kappa shape index (κ3) is 8.89. The van der Waals surface area contributed by atoms with E-state index >= 15 is 0 Å². The van der Waals surface area contributed by atoms with Crippen LogP contribution < -0.4 is 0 Å². The average Bonchev–Trinajstić information content (AvgIpc) is 3.07. The molecule has 0 amide bonds. The van der Waals surface area contributed by atoms with Crippen LogP contribution in [0.4, 0.5) is 0 Å². The molecule has 2 aromatic rings. The van der Waals surface area contributed by atoms with Crippen LogP contribution in [-0.2, 0) is 14.3 Å². The average molecular weight is 530 g/mol. The fourth-order valence-electron chi connectivity index (χ4n) is 2.30. The van der Waals surface area contributed by atoms with Gasteiger partial charge in [-0.1, -0.05) is 50.9 Å². The Morgan fingerprint density at radius 3 is 2.07 bits per heavy atom. The number of carbonyl (C=O) groups excluding carboxylic acids is 3. The molecule has 29 heavy (non-hydrogen) atoms. The zero-order chi connectivity index (χ0) is 21.8. The zero-order valence-electron chi connectivity index (χ0n) is 16.0. The molecule has 3 rings (SSSR count). The summed E-state index contributed by atoms with van der Waals surface area (Å²) in [6.07, 6.45) is 1.12. The van der Waals surface area contributed by atoms with Crippen molar-refractivity contribution in [1.82, 2.24) is 0 Å². The van der Waals surface area contributed by atoms with E-state index in [1.54, 1.807) is 43.3 Å². The van der Waals surface area contributed by atoms with E-state index in [1.165, 1.54) is 0 Å². The number of aliphatic hydroxyl groups excluding tert-OH is 1. The van der Waals surface area contributed by atoms with Crippen molar-refractivity contribution >= 4 is 50.1 Å². The van der Waals surface area contributed by atoms with Gasteiger partial charge in [0, 0.05) is 28.0 Å². The molecule has 1 fully saturated rings. The molecule has 1 aliphatic heterocycles. The fourth-order valence-corrected chi connectivity index (χ4v) is 2.83. The van der Waals surface area contributed by atoms with Gasteiger partial charge in [0.2, 0.25) is 0 Å². The zero-order valence-corrected chi connectivity index (χ0v) is 19.2. The monoisotopic (exact) mass is 528 g/mol. The Morgan fingerprint density at radius 1 is 1.10 bits per heavy atom. The Hall–Kier alpha value is -2.03. The molecule has 156 valence electrons. The summed E-state index contributed by atoms with van der Waals surface area (Å²) in [5.41, 5.74) is 1.19. The first kappa shape index (κ1) is 25.0. The molecule has 2 unspecified atom stereocenters. The number of hydrogen-bond donors (Lipinski definition) is 1. The number of benzene rings is 2. The summed E-state index contributed by atoms with van der Waals surface area (Å²) in [6, 6.07) is 14.1. The van der Waals surface area contributed by atoms with Crippen molar-refractivity contribution in [2.75, 3.05) is 13.7 Å². The molecule has 0 spiro atoms. The normalized spacial score (nSPS) is 17.1. The summed E-state index contributed by atoms with van der Waals surface area (Å²) in [4.78, 5) is 33.0. The van der Waals surface area contributed by atoms with Gasteiger partial charge in [0.1, 0.15) is 19.0 Å². The summed E-state index contributed by atoms with van der Waals surface area (Å²) in [5.74, 6) is -0.737. The number of cyclic esters (lactones) is 1. The van der Waals surface area contributed by atoms with Crippen LogP contribution >= 0.6 is 31.9 Å². The van der Waals surface area contributed by atoms with E-state index in [-0.39, 0.29) is 24.6 Å². The van der Waals surface area contributed by atoms with Crippen molar-refractivity contribution in [2.45, 2.75) is 19.4 Å². The van der Waals surface area contributed by atoms with E-state index in [2.05, 4.69) is 31.9 Å². The number of carbonyl (C=O) groups is 3. The van der Waals surface area contributed by atoms with Crippen LogP contribution in [0.3, 0.4) is 0 Å². The number of ether oxygens (including phenoxy) is 2. The van der Waals surface area contributed by atoms with Gasteiger partial charge < -0.3 is 14.6 Å². The minimum atomic E-state index is -0.405. The molecule has 1 aliphatic rings. The second-order valence-electron chi connectivity index (χ2n) is 5.97. The second-order valence-corrected chi connectivity index (χ2v) is 7.80. The standard InChI is InChI=1S/C13H13BrO4.C7H5BrO.CH4O/c1-8-6-11(18-12(8)15)7-17-13(16)9-2-4-10(14)5-3-9;8-7-3-1-6(5-9)2-4-7;1-2/h2-5,8,11H,6-7H2,1H3;1-5H;2H,1H3. The van der Waals surface area contributed by atoms with E-state index in [1.807, 2.05) is 12.1 Å². The SMILES string of the molecule is CC1CC(COC(=O)c2ccc(Br)cc2)OC1=O.CO.O=Cc1ccc(Br)cc1. The Labute approximate surface area is 186 Å². The van der Waals surface area contributed by atoms with Crippen molar-refractivity contribution in [3.63, 3.8) is 0 Å². The van der Waals surface area contributed by atoms with Crippen LogP contribution in [0.1, 0.15) is 34.1 Å². The maximum Gasteiger partial charge on any atom is 0.338 e. The lowest BCUT2D eigenvalue weighted by molar-refractivity contribution is -0.145. The van der Waals surface area contributed by atoms with Crippen LogP contribution in [0.25, 0.3) is 0 Å². The van der Waals surface area contributed by atoms with Crippen LogP contribution in [0.5, 0.6) is 0 Å². The second kappa shape index (κ2) is 13.2. The highest BCUT2D eigenvalue weighted by Crippen LogP contribution is 2.21. The molecule has 2 aromatic carbocycles. The van der Waals surface area contributed by atoms with Crippen molar-refractivity contribution in [2.24, 2.45) is 5.92 Å². The Balaban J connectivity index is 0.000000321. The first-order chi connectivity index (χ1) is 13.9. The number of esters is 2. The quantitative estimate of drug-likeness (QED) is 0.465. The molecule has 0 aliphatic carbocycles. The van der Waals surface area contributed by atoms with Gasteiger partial charge >= 0.3 is 11.9 Å². The smallest absolute Gasteiger partial charge is 0.338 e. The summed E-state index contributed by atoms with van der Waals surface area (Å²) in [6.45, 7) is 1.92. The minimum Gasteiger partial charge on any atom is -0.458 e. The van der Waals surface area contributed by atoms with Crippen LogP contribution in [0, 0.1) is 5.92 Å². The molecule has 0 saturated carbocycles. The van der Waals surface area contributed by atoms with Gasteiger partial charge in [0.15, 0.2) is 0 Å². The molecule has 0 radical (unpaired) electrons. The molecule has 1 N–H and O–H groups in total. The summed E-state index contributed by atoms with van der Waals surface area (Å²) >= 11 is 6.55. The van der Waals surface area contributed by atoms with Crippen molar-refractivity contribution in [3.05, 3.63) is 68.6 Å². The molecular formula is C21H22Br2O6. The highest BCUT2D eigenvalue weighted by atomic mass is 79.9. The highest BCUT2D eigenvalue weighted by molar-refractivity contribution is 9.10. The van der Waals surface area contributed by atoms with Gasteiger partial charge in [-0.05, 0) is 36.4 Å². The number of rotatable bonds is 4. The summed E-state index contributed by atoms with van der Waals surface area (Å²) in [5, 5.41) is 7.00. The number of halogens is 2. The lowest BCUT2D eigenvalue weighted by Crippen LogP contribution is -2.18. The third-order valence-electron chi connectivity index (χ3n) is 3.79. The van der Waals surface area contributed by atoms with Gasteiger partial charge in [-0.2, -0.15) is 0 Å². The fraction of sp³-hybridized carbons (Fsp3) is 0.286. The largest absolute Gasteiger partial charge is 0.458 e. The lowest BCUT2D eigenvalue weighted by atomic mass is 10.1. The molecular weight excluding hydrogens is 508 g/mol. The molecule has 6 nitrogen and oxygen atoms in total. The van der Waals surface area contributed by atoms with E-state index in [9.17, 15) is 14.4 Å². The molecule has 1 heterocycles. The molecule has 1 saturated heterocycles. The molecule has 2 atom stereocenters. The molecule has 8 heteroatoms. The predicted octanol–water partition coefficient (Wildman–Crippen LogP) is 4.43. The Kier molecular flexibility index (Phi) is 11.4. The highest BCUT2D eigenvalue weighted by Gasteiger charge is 2.31. The van der Waals surface area contributed by atoms with Gasteiger partial charge in [0.05, 0.1) is 11.5 Å². The number of aliphatic hydroxyl groups is 1. The maximum absolute atomic E-state index is 11.7. The third-order valence-corrected chi connectivity index (χ3v) is 4.85. The lowest BCUT2D eigenvalue weighted by Gasteiger charge is -2.09. The van der Waals surface area contributed by atoms with E-state index < -0.39 is 5.97 Å². The first-order valence-electron chi connectivity index (χ1n) is 8.67. The topological polar surface area (TPSA) is 89.9 Å². The number of aldehydes is 1. The predicted molar refractivity (Wildman–Crippen MR) is 116 cm³/mol. The van der Waals surface area contributed by atoms with E-state index in [4.69, 9.17) is 14.6 Å². The van der Waals surface area contributed by atoms with Gasteiger partial charge in [-0.15, -0.1) is 0 Å². The van der Waals surface area contributed by atoms with E-state index in [0.29, 0.717) is 17.5 Å². The van der Waals surface area contributed by atoms with Crippen molar-refractivity contribution < 1.29 is 29.0 Å². The van der Waals surface area contributed by atoms with Crippen molar-refractivity contribution in [1.29, 1.82) is 0 Å². The van der Waals surface area contributed by atoms with Gasteiger partial charge in [-0.25, -0.2) is 4.79 Å². The van der Waals surface area contributed by atoms with Crippen LogP contribution in [0.15, 0.2) is 57.5 Å². The Bertz CT molecular complexity index is 790. The first-order valence-corrected chi connectivity index (χ1v) is 10.3. The maximum atomic E-state index is 11.7. The van der Waals surface area contributed by atoms with Gasteiger partial charge in [0.25, 0.3) is 0 Å². The molecule has 0 bridgehead atoms. The minimum absolute atomic E-state index is 0.110. The summed E-state index contributed by atoms with van der Waals surface area (Å²) in [7, 11) is 1.00. The van der Waals surface area contributed by atoms with Gasteiger partial charge in [-0.3, -0.25) is 9.59 Å². The van der Waals surface area contributed by atoms with Crippen LogP contribution in [-0.4, -0.2) is 43.2 Å². The molecule has 0 aromatic heterocycles. The summed E-state index contributed by atoms with van der Waals surface area (Å²) < 4.78 is 12.1. The van der Waals surface area contributed by atoms with Crippen molar-refractivity contribution in [3.8, 4) is 0 Å². The number of hydrogen-bond acceptors (Lipinski definition) is 6. The van der Waals surface area contributed by atoms with E-state index in [0.717, 1.165) is 22.3 Å². The van der Waals surface area contributed by atoms with Crippen LogP contribution in [0.2, 0.25) is 0 Å². The Morgan fingerprint density at radius 2 is 1.62 bits per heavy atom.